The molecule has 1 heterocycles. The number of benzene rings is 2. The van der Waals surface area contributed by atoms with Gasteiger partial charge in [-0.25, -0.2) is 0 Å². The van der Waals surface area contributed by atoms with Crippen molar-refractivity contribution in [2.75, 3.05) is 11.1 Å². The number of rotatable bonds is 7. The summed E-state index contributed by atoms with van der Waals surface area (Å²) in [6, 6.07) is 17.6. The van der Waals surface area contributed by atoms with Gasteiger partial charge in [0.25, 0.3) is 0 Å². The van der Waals surface area contributed by atoms with Gasteiger partial charge in [0.05, 0.1) is 5.75 Å². The van der Waals surface area contributed by atoms with Gasteiger partial charge in [-0.15, -0.1) is 16.8 Å². The van der Waals surface area contributed by atoms with E-state index in [1.165, 1.54) is 11.8 Å². The summed E-state index contributed by atoms with van der Waals surface area (Å²) in [4.78, 5) is 12.2. The number of anilines is 1. The molecule has 0 aliphatic rings. The Balaban J connectivity index is 1.69. The van der Waals surface area contributed by atoms with Gasteiger partial charge in [0.15, 0.2) is 11.0 Å². The molecule has 0 bridgehead atoms. The highest BCUT2D eigenvalue weighted by Gasteiger charge is 2.14. The molecule has 132 valence electrons. The van der Waals surface area contributed by atoms with Crippen LogP contribution in [-0.4, -0.2) is 26.4 Å². The summed E-state index contributed by atoms with van der Waals surface area (Å²) in [6.07, 6.45) is 1.80. The fourth-order valence-corrected chi connectivity index (χ4v) is 3.20. The van der Waals surface area contributed by atoms with E-state index in [-0.39, 0.29) is 11.7 Å². The van der Waals surface area contributed by atoms with Crippen LogP contribution in [0.2, 0.25) is 0 Å². The Kier molecular flexibility index (Phi) is 5.86. The normalized spacial score (nSPS) is 10.5. The average Bonchev–Trinajstić information content (AvgIpc) is 3.06. The van der Waals surface area contributed by atoms with E-state index < -0.39 is 0 Å². The maximum atomic E-state index is 12.2. The molecule has 6 heteroatoms. The lowest BCUT2D eigenvalue weighted by atomic mass is 10.2. The molecule has 0 radical (unpaired) electrons. The molecule has 0 fully saturated rings. The third-order valence-corrected chi connectivity index (χ3v) is 4.69. The Morgan fingerprint density at radius 2 is 1.88 bits per heavy atom. The van der Waals surface area contributed by atoms with Gasteiger partial charge in [0.2, 0.25) is 5.91 Å². The van der Waals surface area contributed by atoms with Crippen LogP contribution >= 0.6 is 11.8 Å². The van der Waals surface area contributed by atoms with Crippen molar-refractivity contribution in [1.29, 1.82) is 0 Å². The highest BCUT2D eigenvalue weighted by atomic mass is 32.2. The lowest BCUT2D eigenvalue weighted by molar-refractivity contribution is -0.113. The highest BCUT2D eigenvalue weighted by molar-refractivity contribution is 7.99. The molecular weight excluding hydrogens is 344 g/mol. The van der Waals surface area contributed by atoms with Crippen LogP contribution in [-0.2, 0) is 11.3 Å². The monoisotopic (exact) mass is 364 g/mol. The number of hydrogen-bond donors (Lipinski definition) is 1. The van der Waals surface area contributed by atoms with Gasteiger partial charge in [0.1, 0.15) is 0 Å². The quantitative estimate of drug-likeness (QED) is 0.505. The molecule has 0 saturated carbocycles. The van der Waals surface area contributed by atoms with E-state index in [4.69, 9.17) is 0 Å². The van der Waals surface area contributed by atoms with E-state index in [2.05, 4.69) is 22.1 Å². The van der Waals surface area contributed by atoms with Gasteiger partial charge < -0.3 is 5.32 Å². The van der Waals surface area contributed by atoms with Crippen molar-refractivity contribution in [1.82, 2.24) is 14.8 Å². The molecule has 1 N–H and O–H groups in total. The summed E-state index contributed by atoms with van der Waals surface area (Å²) in [5.74, 6) is 0.956. The summed E-state index contributed by atoms with van der Waals surface area (Å²) in [5, 5.41) is 12.1. The van der Waals surface area contributed by atoms with Crippen molar-refractivity contribution in [3.63, 3.8) is 0 Å². The van der Waals surface area contributed by atoms with Gasteiger partial charge in [-0.1, -0.05) is 65.9 Å². The van der Waals surface area contributed by atoms with Crippen LogP contribution in [0, 0.1) is 6.92 Å². The zero-order chi connectivity index (χ0) is 18.4. The number of allylic oxidation sites excluding steroid dienone is 1. The maximum Gasteiger partial charge on any atom is 0.234 e. The SMILES string of the molecule is C=CCn1c(SCC(=O)Nc2ccc(C)cc2)nnc1-c1ccccc1. The van der Waals surface area contributed by atoms with Crippen molar-refractivity contribution in [2.24, 2.45) is 0 Å². The van der Waals surface area contributed by atoms with Crippen LogP contribution < -0.4 is 5.32 Å². The summed E-state index contributed by atoms with van der Waals surface area (Å²) in [6.45, 7) is 6.40. The molecule has 5 nitrogen and oxygen atoms in total. The fourth-order valence-electron chi connectivity index (χ4n) is 2.45. The van der Waals surface area contributed by atoms with E-state index in [1.54, 1.807) is 6.08 Å². The first kappa shape index (κ1) is 17.9. The molecule has 0 saturated heterocycles. The number of carbonyl (C=O) groups excluding carboxylic acids is 1. The molecule has 26 heavy (non-hydrogen) atoms. The standard InChI is InChI=1S/C20H20N4OS/c1-3-13-24-19(16-7-5-4-6-8-16)22-23-20(24)26-14-18(25)21-17-11-9-15(2)10-12-17/h3-12H,1,13-14H2,2H3,(H,21,25). The van der Waals surface area contributed by atoms with Crippen LogP contribution in [0.4, 0.5) is 5.69 Å². The summed E-state index contributed by atoms with van der Waals surface area (Å²) in [7, 11) is 0. The number of aryl methyl sites for hydroxylation is 1. The van der Waals surface area contributed by atoms with Crippen LogP contribution in [0.1, 0.15) is 5.56 Å². The largest absolute Gasteiger partial charge is 0.325 e. The fraction of sp³-hybridized carbons (Fsp3) is 0.150. The molecule has 3 rings (SSSR count). The first-order valence-electron chi connectivity index (χ1n) is 8.26. The predicted molar refractivity (Wildman–Crippen MR) is 106 cm³/mol. The Labute approximate surface area is 157 Å². The Bertz CT molecular complexity index is 888. The average molecular weight is 364 g/mol. The second kappa shape index (κ2) is 8.49. The van der Waals surface area contributed by atoms with Gasteiger partial charge in [-0.3, -0.25) is 9.36 Å². The predicted octanol–water partition coefficient (Wildman–Crippen LogP) is 4.17. The second-order valence-electron chi connectivity index (χ2n) is 5.77. The molecule has 0 spiro atoms. The molecule has 0 unspecified atom stereocenters. The number of amides is 1. The van der Waals surface area contributed by atoms with E-state index >= 15 is 0 Å². The number of thioether (sulfide) groups is 1. The lowest BCUT2D eigenvalue weighted by Gasteiger charge is -2.08. The Morgan fingerprint density at radius 3 is 2.58 bits per heavy atom. The molecule has 0 aliphatic heterocycles. The third kappa shape index (κ3) is 4.40. The lowest BCUT2D eigenvalue weighted by Crippen LogP contribution is -2.14. The van der Waals surface area contributed by atoms with Crippen molar-refractivity contribution in [3.8, 4) is 11.4 Å². The molecule has 1 aromatic heterocycles. The summed E-state index contributed by atoms with van der Waals surface area (Å²) < 4.78 is 1.96. The van der Waals surface area contributed by atoms with Gasteiger partial charge >= 0.3 is 0 Å². The van der Waals surface area contributed by atoms with Crippen molar-refractivity contribution < 1.29 is 4.79 Å². The van der Waals surface area contributed by atoms with Crippen molar-refractivity contribution in [3.05, 3.63) is 72.8 Å². The van der Waals surface area contributed by atoms with E-state index in [0.29, 0.717) is 11.7 Å². The van der Waals surface area contributed by atoms with Crippen molar-refractivity contribution >= 4 is 23.4 Å². The maximum absolute atomic E-state index is 12.2. The molecular formula is C20H20N4OS. The Hall–Kier alpha value is -2.86. The minimum atomic E-state index is -0.0757. The molecule has 2 aromatic carbocycles. The van der Waals surface area contributed by atoms with Gasteiger partial charge in [-0.05, 0) is 19.1 Å². The number of aromatic nitrogens is 3. The van der Waals surface area contributed by atoms with Crippen LogP contribution in [0.5, 0.6) is 0 Å². The van der Waals surface area contributed by atoms with Crippen LogP contribution in [0.3, 0.4) is 0 Å². The van der Waals surface area contributed by atoms with Gasteiger partial charge in [0, 0.05) is 17.8 Å². The van der Waals surface area contributed by atoms with Crippen LogP contribution in [0.15, 0.2) is 72.4 Å². The minimum Gasteiger partial charge on any atom is -0.325 e. The highest BCUT2D eigenvalue weighted by Crippen LogP contribution is 2.24. The Morgan fingerprint density at radius 1 is 1.15 bits per heavy atom. The number of nitrogens with zero attached hydrogens (tertiary/aromatic N) is 3. The number of carbonyl (C=O) groups is 1. The summed E-state index contributed by atoms with van der Waals surface area (Å²) in [5.41, 5.74) is 2.93. The molecule has 0 atom stereocenters. The third-order valence-electron chi connectivity index (χ3n) is 3.73. The topological polar surface area (TPSA) is 59.8 Å². The zero-order valence-corrected chi connectivity index (χ0v) is 15.4. The first-order valence-corrected chi connectivity index (χ1v) is 9.25. The smallest absolute Gasteiger partial charge is 0.234 e. The van der Waals surface area contributed by atoms with Crippen LogP contribution in [0.25, 0.3) is 11.4 Å². The summed E-state index contributed by atoms with van der Waals surface area (Å²) >= 11 is 1.36. The first-order chi connectivity index (χ1) is 12.7. The van der Waals surface area contributed by atoms with E-state index in [1.807, 2.05) is 66.1 Å². The van der Waals surface area contributed by atoms with Crippen molar-refractivity contribution in [2.45, 2.75) is 18.6 Å². The minimum absolute atomic E-state index is 0.0757. The number of nitrogens with one attached hydrogen (secondary N) is 1. The molecule has 1 amide bonds. The van der Waals surface area contributed by atoms with E-state index in [0.717, 1.165) is 22.6 Å². The van der Waals surface area contributed by atoms with E-state index in [9.17, 15) is 4.79 Å². The van der Waals surface area contributed by atoms with Gasteiger partial charge in [-0.2, -0.15) is 0 Å². The zero-order valence-electron chi connectivity index (χ0n) is 14.6. The molecule has 0 aliphatic carbocycles. The molecule has 3 aromatic rings. The second-order valence-corrected chi connectivity index (χ2v) is 6.72. The number of hydrogen-bond acceptors (Lipinski definition) is 4.